The smallest absolute Gasteiger partial charge is 0.251 e. The molecule has 2 saturated heterocycles. The second kappa shape index (κ2) is 12.1. The molecule has 3 aromatic rings. The molecule has 0 spiro atoms. The molecule has 0 radical (unpaired) electrons. The van der Waals surface area contributed by atoms with Gasteiger partial charge < -0.3 is 15.0 Å². The summed E-state index contributed by atoms with van der Waals surface area (Å²) in [6.07, 6.45) is 0. The molecule has 1 amide bonds. The van der Waals surface area contributed by atoms with Gasteiger partial charge in [-0.1, -0.05) is 42.5 Å². The third kappa shape index (κ3) is 6.42. The summed E-state index contributed by atoms with van der Waals surface area (Å²) in [5, 5.41) is 3.00. The fourth-order valence-corrected chi connectivity index (χ4v) is 6.26. The maximum Gasteiger partial charge on any atom is 0.251 e. The largest absolute Gasteiger partial charge is 0.378 e. The number of carbonyl (C=O) groups is 1. The number of amides is 1. The second-order valence-corrected chi connectivity index (χ2v) is 11.6. The first-order valence-corrected chi connectivity index (χ1v) is 14.5. The van der Waals surface area contributed by atoms with Gasteiger partial charge in [0.05, 0.1) is 18.1 Å². The van der Waals surface area contributed by atoms with Crippen LogP contribution in [-0.2, 0) is 27.8 Å². The summed E-state index contributed by atoms with van der Waals surface area (Å²) in [5.74, 6) is -0.103. The summed E-state index contributed by atoms with van der Waals surface area (Å²) in [7, 11) is -3.45. The standard InChI is InChI=1S/C29H34N4O4S/c34-29(30-22-24-8-12-27(13-9-24)32-18-20-37-21-19-32)26-10-6-25(7-11-26)23-31-14-16-33(17-15-31)38(35,36)28-4-2-1-3-5-28/h1-13H,14-23H2,(H,30,34). The number of nitrogens with one attached hydrogen (secondary N) is 1. The van der Waals surface area contributed by atoms with Gasteiger partial charge in [-0.3, -0.25) is 9.69 Å². The van der Waals surface area contributed by atoms with E-state index < -0.39 is 10.0 Å². The molecule has 0 bridgehead atoms. The third-order valence-corrected chi connectivity index (χ3v) is 9.01. The molecule has 1 N–H and O–H groups in total. The van der Waals surface area contributed by atoms with Crippen molar-refractivity contribution in [2.75, 3.05) is 57.4 Å². The fraction of sp³-hybridized carbons (Fsp3) is 0.345. The van der Waals surface area contributed by atoms with Gasteiger partial charge in [0.25, 0.3) is 5.91 Å². The lowest BCUT2D eigenvalue weighted by atomic mass is 10.1. The zero-order valence-corrected chi connectivity index (χ0v) is 22.3. The first kappa shape index (κ1) is 26.4. The number of hydrogen-bond acceptors (Lipinski definition) is 6. The first-order chi connectivity index (χ1) is 18.5. The van der Waals surface area contributed by atoms with Gasteiger partial charge in [0.1, 0.15) is 0 Å². The molecule has 2 heterocycles. The van der Waals surface area contributed by atoms with Crippen LogP contribution in [0.2, 0.25) is 0 Å². The molecule has 0 unspecified atom stereocenters. The highest BCUT2D eigenvalue weighted by atomic mass is 32.2. The summed E-state index contributed by atoms with van der Waals surface area (Å²) in [4.78, 5) is 17.6. The number of ether oxygens (including phenoxy) is 1. The number of rotatable bonds is 8. The predicted octanol–water partition coefficient (Wildman–Crippen LogP) is 2.96. The Kier molecular flexibility index (Phi) is 8.38. The maximum atomic E-state index is 12.8. The minimum absolute atomic E-state index is 0.103. The summed E-state index contributed by atoms with van der Waals surface area (Å²) in [5.41, 5.74) is 3.95. The van der Waals surface area contributed by atoms with Crippen molar-refractivity contribution in [2.45, 2.75) is 18.0 Å². The lowest BCUT2D eigenvalue weighted by Gasteiger charge is -2.34. The van der Waals surface area contributed by atoms with E-state index in [1.54, 1.807) is 28.6 Å². The van der Waals surface area contributed by atoms with Crippen LogP contribution < -0.4 is 10.2 Å². The maximum absolute atomic E-state index is 12.8. The minimum atomic E-state index is -3.45. The number of carbonyl (C=O) groups excluding carboxylic acids is 1. The first-order valence-electron chi connectivity index (χ1n) is 13.1. The van der Waals surface area contributed by atoms with E-state index in [2.05, 4.69) is 39.4 Å². The van der Waals surface area contributed by atoms with Crippen molar-refractivity contribution in [3.05, 3.63) is 95.6 Å². The van der Waals surface area contributed by atoms with Crippen molar-refractivity contribution in [3.63, 3.8) is 0 Å². The highest BCUT2D eigenvalue weighted by Gasteiger charge is 2.28. The quantitative estimate of drug-likeness (QED) is 0.479. The molecule has 5 rings (SSSR count). The Labute approximate surface area is 224 Å². The highest BCUT2D eigenvalue weighted by Crippen LogP contribution is 2.19. The summed E-state index contributed by atoms with van der Waals surface area (Å²) in [6, 6.07) is 24.5. The van der Waals surface area contributed by atoms with Crippen LogP contribution in [0.1, 0.15) is 21.5 Å². The van der Waals surface area contributed by atoms with Gasteiger partial charge in [-0.15, -0.1) is 0 Å². The van der Waals surface area contributed by atoms with E-state index >= 15 is 0 Å². The van der Waals surface area contributed by atoms with E-state index in [1.807, 2.05) is 30.3 Å². The van der Waals surface area contributed by atoms with E-state index in [-0.39, 0.29) is 5.91 Å². The monoisotopic (exact) mass is 534 g/mol. The van der Waals surface area contributed by atoms with Gasteiger partial charge in [-0.25, -0.2) is 8.42 Å². The minimum Gasteiger partial charge on any atom is -0.378 e. The molecule has 38 heavy (non-hydrogen) atoms. The number of anilines is 1. The van der Waals surface area contributed by atoms with E-state index in [9.17, 15) is 13.2 Å². The number of hydrogen-bond donors (Lipinski definition) is 1. The van der Waals surface area contributed by atoms with Gasteiger partial charge in [0, 0.05) is 63.6 Å². The molecule has 0 aromatic heterocycles. The molecule has 2 fully saturated rings. The van der Waals surface area contributed by atoms with Crippen LogP contribution in [0.4, 0.5) is 5.69 Å². The highest BCUT2D eigenvalue weighted by molar-refractivity contribution is 7.89. The molecule has 3 aromatic carbocycles. The number of morpholine rings is 1. The molecule has 9 heteroatoms. The molecule has 2 aliphatic heterocycles. The van der Waals surface area contributed by atoms with E-state index in [4.69, 9.17) is 4.74 Å². The fourth-order valence-electron chi connectivity index (χ4n) is 4.82. The topological polar surface area (TPSA) is 82.2 Å². The normalized spacial score (nSPS) is 17.3. The molecule has 0 atom stereocenters. The van der Waals surface area contributed by atoms with Gasteiger partial charge >= 0.3 is 0 Å². The lowest BCUT2D eigenvalue weighted by Crippen LogP contribution is -2.48. The van der Waals surface area contributed by atoms with Gasteiger partial charge in [-0.05, 0) is 47.5 Å². The van der Waals surface area contributed by atoms with E-state index in [0.29, 0.717) is 43.2 Å². The SMILES string of the molecule is O=C(NCc1ccc(N2CCOCC2)cc1)c1ccc(CN2CCN(S(=O)(=O)c3ccccc3)CC2)cc1. The van der Waals surface area contributed by atoms with Crippen molar-refractivity contribution < 1.29 is 17.9 Å². The van der Waals surface area contributed by atoms with Gasteiger partial charge in [0.15, 0.2) is 0 Å². The van der Waals surface area contributed by atoms with Crippen molar-refractivity contribution >= 4 is 21.6 Å². The number of nitrogens with zero attached hydrogens (tertiary/aromatic N) is 3. The van der Waals surface area contributed by atoms with E-state index in [1.165, 1.54) is 5.69 Å². The Morgan fingerprint density at radius 3 is 2.05 bits per heavy atom. The third-order valence-electron chi connectivity index (χ3n) is 7.10. The number of sulfonamides is 1. The Morgan fingerprint density at radius 2 is 1.39 bits per heavy atom. The predicted molar refractivity (Wildman–Crippen MR) is 148 cm³/mol. The van der Waals surface area contributed by atoms with Gasteiger partial charge in [-0.2, -0.15) is 4.31 Å². The Hall–Kier alpha value is -3.24. The van der Waals surface area contributed by atoms with Crippen LogP contribution >= 0.6 is 0 Å². The van der Waals surface area contributed by atoms with Crippen molar-refractivity contribution in [2.24, 2.45) is 0 Å². The Balaban J connectivity index is 1.08. The molecule has 0 aliphatic carbocycles. The average Bonchev–Trinajstić information content (AvgIpc) is 2.98. The average molecular weight is 535 g/mol. The molecule has 8 nitrogen and oxygen atoms in total. The second-order valence-electron chi connectivity index (χ2n) is 9.64. The Morgan fingerprint density at radius 1 is 0.763 bits per heavy atom. The molecular formula is C29H34N4O4S. The van der Waals surface area contributed by atoms with Crippen LogP contribution in [0.3, 0.4) is 0 Å². The van der Waals surface area contributed by atoms with Crippen molar-refractivity contribution in [1.82, 2.24) is 14.5 Å². The van der Waals surface area contributed by atoms with Crippen LogP contribution in [0, 0.1) is 0 Å². The summed E-state index contributed by atoms with van der Waals surface area (Å²) >= 11 is 0. The zero-order chi connectivity index (χ0) is 26.4. The van der Waals surface area contributed by atoms with Crippen LogP contribution in [0.15, 0.2) is 83.8 Å². The Bertz CT molecular complexity index is 1300. The summed E-state index contributed by atoms with van der Waals surface area (Å²) < 4.78 is 32.7. The summed E-state index contributed by atoms with van der Waals surface area (Å²) in [6.45, 7) is 6.76. The van der Waals surface area contributed by atoms with Crippen molar-refractivity contribution in [3.8, 4) is 0 Å². The number of benzene rings is 3. The van der Waals surface area contributed by atoms with Crippen LogP contribution in [0.5, 0.6) is 0 Å². The van der Waals surface area contributed by atoms with Crippen molar-refractivity contribution in [1.29, 1.82) is 0 Å². The van der Waals surface area contributed by atoms with Crippen LogP contribution in [-0.4, -0.2) is 76.0 Å². The van der Waals surface area contributed by atoms with Crippen LogP contribution in [0.25, 0.3) is 0 Å². The van der Waals surface area contributed by atoms with Gasteiger partial charge in [0.2, 0.25) is 10.0 Å². The number of piperazine rings is 1. The molecular weight excluding hydrogens is 500 g/mol. The lowest BCUT2D eigenvalue weighted by molar-refractivity contribution is 0.0951. The van der Waals surface area contributed by atoms with E-state index in [0.717, 1.165) is 44.0 Å². The zero-order valence-electron chi connectivity index (χ0n) is 21.5. The molecule has 2 aliphatic rings. The molecule has 200 valence electrons. The molecule has 0 saturated carbocycles.